The second kappa shape index (κ2) is 19.7. The van der Waals surface area contributed by atoms with Crippen LogP contribution in [0.3, 0.4) is 0 Å². The van der Waals surface area contributed by atoms with Crippen molar-refractivity contribution in [1.29, 1.82) is 0 Å². The van der Waals surface area contributed by atoms with Crippen molar-refractivity contribution in [3.63, 3.8) is 0 Å². The number of hydrogen-bond donors (Lipinski definition) is 0. The molecule has 0 aliphatic rings. The highest BCUT2D eigenvalue weighted by atomic mass is 32.2. The summed E-state index contributed by atoms with van der Waals surface area (Å²) in [4.78, 5) is 0. The molecule has 0 aromatic carbocycles. The largest absolute Gasteiger partial charge is 0.162 e. The zero-order valence-corrected chi connectivity index (χ0v) is 15.8. The van der Waals surface area contributed by atoms with Crippen LogP contribution in [-0.2, 0) is 0 Å². The Kier molecular flexibility index (Phi) is 20.4. The summed E-state index contributed by atoms with van der Waals surface area (Å²) in [5.74, 6) is 5.59. The molecule has 0 aliphatic heterocycles. The first-order chi connectivity index (χ1) is 9.91. The van der Waals surface area contributed by atoms with Crippen molar-refractivity contribution in [2.24, 2.45) is 0 Å². The van der Waals surface area contributed by atoms with Gasteiger partial charge in [0.05, 0.1) is 0 Å². The van der Waals surface area contributed by atoms with Crippen LogP contribution < -0.4 is 0 Å². The van der Waals surface area contributed by atoms with Gasteiger partial charge < -0.3 is 0 Å². The van der Waals surface area contributed by atoms with Gasteiger partial charge in [0, 0.05) is 0 Å². The van der Waals surface area contributed by atoms with Gasteiger partial charge in [0.25, 0.3) is 0 Å². The normalized spacial score (nSPS) is 11.1. The van der Waals surface area contributed by atoms with Crippen molar-refractivity contribution < 1.29 is 0 Å². The third-order valence-corrected chi connectivity index (χ3v) is 5.92. The molecule has 0 aromatic heterocycles. The Morgan fingerprint density at radius 2 is 0.700 bits per heavy atom. The van der Waals surface area contributed by atoms with Gasteiger partial charge in [0.15, 0.2) is 0 Å². The van der Waals surface area contributed by atoms with Crippen molar-refractivity contribution in [3.05, 3.63) is 0 Å². The van der Waals surface area contributed by atoms with Gasteiger partial charge in [-0.15, -0.1) is 0 Å². The first kappa shape index (κ1) is 20.7. The lowest BCUT2D eigenvalue weighted by atomic mass is 10.2. The van der Waals surface area contributed by atoms with Crippen molar-refractivity contribution in [2.45, 2.75) is 90.9 Å². The van der Waals surface area contributed by atoms with Crippen molar-refractivity contribution in [2.75, 3.05) is 23.0 Å². The quantitative estimate of drug-likeness (QED) is 0.261. The van der Waals surface area contributed by atoms with Crippen molar-refractivity contribution >= 4 is 23.5 Å². The van der Waals surface area contributed by atoms with Crippen LogP contribution in [0, 0.1) is 0 Å². The van der Waals surface area contributed by atoms with Crippen LogP contribution in [-0.4, -0.2) is 23.0 Å². The summed E-state index contributed by atoms with van der Waals surface area (Å²) in [5.41, 5.74) is 0. The minimum Gasteiger partial charge on any atom is -0.162 e. The number of hydrogen-bond acceptors (Lipinski definition) is 2. The van der Waals surface area contributed by atoms with Gasteiger partial charge >= 0.3 is 0 Å². The SMILES string of the molecule is CCCCCCSCCCCCCSCCCCCC. The molecule has 0 unspecified atom stereocenters. The third-order valence-electron chi connectivity index (χ3n) is 3.61. The number of rotatable bonds is 17. The smallest absolute Gasteiger partial charge is 0.00675 e. The fraction of sp³-hybridized carbons (Fsp3) is 1.00. The van der Waals surface area contributed by atoms with Gasteiger partial charge in [-0.3, -0.25) is 0 Å². The minimum absolute atomic E-state index is 1.36. The van der Waals surface area contributed by atoms with Crippen LogP contribution in [0.2, 0.25) is 0 Å². The lowest BCUT2D eigenvalue weighted by molar-refractivity contribution is 0.699. The van der Waals surface area contributed by atoms with Gasteiger partial charge in [-0.1, -0.05) is 65.2 Å². The molecule has 0 nitrogen and oxygen atoms in total. The van der Waals surface area contributed by atoms with E-state index in [0.717, 1.165) is 0 Å². The zero-order chi connectivity index (χ0) is 14.7. The Morgan fingerprint density at radius 1 is 0.400 bits per heavy atom. The van der Waals surface area contributed by atoms with Crippen LogP contribution in [0.15, 0.2) is 0 Å². The number of unbranched alkanes of at least 4 members (excludes halogenated alkanes) is 9. The Bertz CT molecular complexity index is 141. The summed E-state index contributed by atoms with van der Waals surface area (Å²) in [7, 11) is 0. The molecule has 0 saturated carbocycles. The second-order valence-electron chi connectivity index (χ2n) is 5.76. The standard InChI is InChI=1S/C18H38S2/c1-3-5-7-11-15-19-17-13-9-10-14-18-20-16-12-8-6-4-2/h3-18H2,1-2H3. The van der Waals surface area contributed by atoms with Gasteiger partial charge in [-0.25, -0.2) is 0 Å². The summed E-state index contributed by atoms with van der Waals surface area (Å²) in [6, 6.07) is 0. The molecule has 0 heterocycles. The summed E-state index contributed by atoms with van der Waals surface area (Å²) >= 11 is 4.36. The minimum atomic E-state index is 1.36. The van der Waals surface area contributed by atoms with Crippen LogP contribution in [0.4, 0.5) is 0 Å². The number of thioether (sulfide) groups is 2. The lowest BCUT2D eigenvalue weighted by Crippen LogP contribution is -1.88. The van der Waals surface area contributed by atoms with Gasteiger partial charge in [-0.05, 0) is 48.7 Å². The lowest BCUT2D eigenvalue weighted by Gasteiger charge is -2.03. The van der Waals surface area contributed by atoms with E-state index in [1.165, 1.54) is 100 Å². The second-order valence-corrected chi connectivity index (χ2v) is 8.21. The average Bonchev–Trinajstić information content (AvgIpc) is 2.47. The molecule has 122 valence electrons. The molecule has 0 atom stereocenters. The van der Waals surface area contributed by atoms with E-state index in [1.807, 2.05) is 0 Å². The molecular weight excluding hydrogens is 280 g/mol. The Morgan fingerprint density at radius 3 is 1.00 bits per heavy atom. The van der Waals surface area contributed by atoms with E-state index in [0.29, 0.717) is 0 Å². The highest BCUT2D eigenvalue weighted by Gasteiger charge is 1.94. The van der Waals surface area contributed by atoms with E-state index in [-0.39, 0.29) is 0 Å². The maximum Gasteiger partial charge on any atom is -0.00675 e. The van der Waals surface area contributed by atoms with E-state index in [1.54, 1.807) is 0 Å². The maximum absolute atomic E-state index is 2.29. The van der Waals surface area contributed by atoms with Gasteiger partial charge in [-0.2, -0.15) is 23.5 Å². The third kappa shape index (κ3) is 18.7. The molecule has 0 radical (unpaired) electrons. The molecule has 0 N–H and O–H groups in total. The first-order valence-electron chi connectivity index (χ1n) is 9.07. The van der Waals surface area contributed by atoms with E-state index in [4.69, 9.17) is 0 Å². The molecular formula is C18H38S2. The van der Waals surface area contributed by atoms with Gasteiger partial charge in [0.2, 0.25) is 0 Å². The van der Waals surface area contributed by atoms with E-state index in [9.17, 15) is 0 Å². The molecule has 0 rings (SSSR count). The van der Waals surface area contributed by atoms with Crippen LogP contribution in [0.5, 0.6) is 0 Å². The predicted molar refractivity (Wildman–Crippen MR) is 101 cm³/mol. The molecule has 20 heavy (non-hydrogen) atoms. The monoisotopic (exact) mass is 318 g/mol. The summed E-state index contributed by atoms with van der Waals surface area (Å²) in [6.45, 7) is 4.58. The maximum atomic E-state index is 2.29. The van der Waals surface area contributed by atoms with E-state index < -0.39 is 0 Å². The molecule has 0 amide bonds. The molecule has 0 fully saturated rings. The highest BCUT2D eigenvalue weighted by Crippen LogP contribution is 2.13. The summed E-state index contributed by atoms with van der Waals surface area (Å²) in [6.07, 6.45) is 17.1. The first-order valence-corrected chi connectivity index (χ1v) is 11.4. The van der Waals surface area contributed by atoms with E-state index >= 15 is 0 Å². The predicted octanol–water partition coefficient (Wildman–Crippen LogP) is 7.17. The summed E-state index contributed by atoms with van der Waals surface area (Å²) in [5, 5.41) is 0. The fourth-order valence-electron chi connectivity index (χ4n) is 2.23. The summed E-state index contributed by atoms with van der Waals surface area (Å²) < 4.78 is 0. The molecule has 0 aliphatic carbocycles. The average molecular weight is 319 g/mol. The highest BCUT2D eigenvalue weighted by molar-refractivity contribution is 7.99. The van der Waals surface area contributed by atoms with Gasteiger partial charge in [0.1, 0.15) is 0 Å². The molecule has 0 saturated heterocycles. The van der Waals surface area contributed by atoms with E-state index in [2.05, 4.69) is 37.4 Å². The van der Waals surface area contributed by atoms with Crippen LogP contribution in [0.1, 0.15) is 90.9 Å². The molecule has 2 heteroatoms. The fourth-order valence-corrected chi connectivity index (χ4v) is 4.27. The molecule has 0 aromatic rings. The Labute approximate surface area is 137 Å². The van der Waals surface area contributed by atoms with Crippen LogP contribution in [0.25, 0.3) is 0 Å². The Balaban J connectivity index is 2.89. The Hall–Kier alpha value is 0.700. The van der Waals surface area contributed by atoms with Crippen molar-refractivity contribution in [3.8, 4) is 0 Å². The van der Waals surface area contributed by atoms with Crippen LogP contribution >= 0.6 is 23.5 Å². The zero-order valence-electron chi connectivity index (χ0n) is 14.1. The molecule has 0 spiro atoms. The van der Waals surface area contributed by atoms with Crippen molar-refractivity contribution in [1.82, 2.24) is 0 Å². The molecule has 0 bridgehead atoms. The topological polar surface area (TPSA) is 0 Å².